The molecule has 0 saturated heterocycles. The number of rotatable bonds is 5. The summed E-state index contributed by atoms with van der Waals surface area (Å²) in [6.07, 6.45) is 4.07. The van der Waals surface area contributed by atoms with Crippen LogP contribution in [0.3, 0.4) is 0 Å². The van der Waals surface area contributed by atoms with Crippen LogP contribution in [-0.2, 0) is 13.0 Å². The summed E-state index contributed by atoms with van der Waals surface area (Å²) in [4.78, 5) is 8.23. The van der Waals surface area contributed by atoms with Gasteiger partial charge in [-0.15, -0.1) is 0 Å². The summed E-state index contributed by atoms with van der Waals surface area (Å²) in [6, 6.07) is 10.2. The first kappa shape index (κ1) is 11.5. The van der Waals surface area contributed by atoms with Crippen LogP contribution in [0, 0.1) is 0 Å². The van der Waals surface area contributed by atoms with Crippen LogP contribution in [0.4, 0.5) is 0 Å². The van der Waals surface area contributed by atoms with Crippen LogP contribution in [0.15, 0.2) is 42.7 Å². The molecule has 17 heavy (non-hydrogen) atoms. The molecular weight excluding hydrogens is 214 g/mol. The fourth-order valence-electron chi connectivity index (χ4n) is 1.52. The van der Waals surface area contributed by atoms with Crippen molar-refractivity contribution in [3.8, 4) is 5.88 Å². The molecule has 1 heterocycles. The van der Waals surface area contributed by atoms with E-state index in [1.807, 2.05) is 18.2 Å². The molecule has 0 saturated carbocycles. The van der Waals surface area contributed by atoms with Crippen LogP contribution < -0.4 is 10.5 Å². The topological polar surface area (TPSA) is 61.0 Å². The first-order valence-corrected chi connectivity index (χ1v) is 5.57. The molecule has 0 aliphatic rings. The number of hydrogen-bond donors (Lipinski definition) is 1. The van der Waals surface area contributed by atoms with E-state index in [0.717, 1.165) is 6.42 Å². The second-order valence-electron chi connectivity index (χ2n) is 3.60. The highest BCUT2D eigenvalue weighted by Gasteiger charge is 2.03. The van der Waals surface area contributed by atoms with E-state index >= 15 is 0 Å². The smallest absolute Gasteiger partial charge is 0.236 e. The molecule has 0 amide bonds. The van der Waals surface area contributed by atoms with Gasteiger partial charge in [-0.2, -0.15) is 0 Å². The molecule has 0 aliphatic heterocycles. The van der Waals surface area contributed by atoms with E-state index in [-0.39, 0.29) is 0 Å². The van der Waals surface area contributed by atoms with Crippen molar-refractivity contribution in [2.24, 2.45) is 5.73 Å². The average molecular weight is 229 g/mol. The first-order valence-electron chi connectivity index (χ1n) is 5.57. The van der Waals surface area contributed by atoms with Gasteiger partial charge in [-0.05, 0) is 5.56 Å². The van der Waals surface area contributed by atoms with Gasteiger partial charge in [-0.3, -0.25) is 4.98 Å². The SMILES string of the molecule is NCc1nccnc1OCCc1ccccc1. The monoisotopic (exact) mass is 229 g/mol. The van der Waals surface area contributed by atoms with Gasteiger partial charge >= 0.3 is 0 Å². The van der Waals surface area contributed by atoms with Gasteiger partial charge in [0.2, 0.25) is 5.88 Å². The lowest BCUT2D eigenvalue weighted by Gasteiger charge is -2.07. The maximum Gasteiger partial charge on any atom is 0.236 e. The fraction of sp³-hybridized carbons (Fsp3) is 0.231. The Morgan fingerprint density at radius 2 is 1.82 bits per heavy atom. The predicted molar refractivity (Wildman–Crippen MR) is 65.6 cm³/mol. The molecule has 4 heteroatoms. The van der Waals surface area contributed by atoms with E-state index in [9.17, 15) is 0 Å². The Balaban J connectivity index is 1.90. The van der Waals surface area contributed by atoms with E-state index in [2.05, 4.69) is 22.1 Å². The Labute approximate surface area is 100 Å². The van der Waals surface area contributed by atoms with Crippen molar-refractivity contribution in [1.29, 1.82) is 0 Å². The molecule has 0 aliphatic carbocycles. The third-order valence-electron chi connectivity index (χ3n) is 2.40. The minimum Gasteiger partial charge on any atom is -0.476 e. The third kappa shape index (κ3) is 3.26. The Hall–Kier alpha value is -1.94. The van der Waals surface area contributed by atoms with Gasteiger partial charge < -0.3 is 10.5 Å². The Morgan fingerprint density at radius 3 is 2.59 bits per heavy atom. The summed E-state index contributed by atoms with van der Waals surface area (Å²) in [5, 5.41) is 0. The van der Waals surface area contributed by atoms with E-state index in [0.29, 0.717) is 24.7 Å². The molecule has 2 aromatic rings. The van der Waals surface area contributed by atoms with E-state index in [4.69, 9.17) is 10.5 Å². The van der Waals surface area contributed by atoms with Crippen LogP contribution in [0.1, 0.15) is 11.3 Å². The second-order valence-corrected chi connectivity index (χ2v) is 3.60. The summed E-state index contributed by atoms with van der Waals surface area (Å²) in [7, 11) is 0. The highest BCUT2D eigenvalue weighted by Crippen LogP contribution is 2.10. The Bertz CT molecular complexity index is 459. The van der Waals surface area contributed by atoms with Crippen molar-refractivity contribution in [3.63, 3.8) is 0 Å². The van der Waals surface area contributed by atoms with Gasteiger partial charge in [0.05, 0.1) is 6.61 Å². The van der Waals surface area contributed by atoms with Crippen LogP contribution in [0.5, 0.6) is 5.88 Å². The van der Waals surface area contributed by atoms with Crippen molar-refractivity contribution in [1.82, 2.24) is 9.97 Å². The molecule has 2 rings (SSSR count). The lowest BCUT2D eigenvalue weighted by molar-refractivity contribution is 0.304. The van der Waals surface area contributed by atoms with Gasteiger partial charge in [0.1, 0.15) is 5.69 Å². The first-order chi connectivity index (χ1) is 8.40. The zero-order chi connectivity index (χ0) is 11.9. The summed E-state index contributed by atoms with van der Waals surface area (Å²) >= 11 is 0. The normalized spacial score (nSPS) is 10.2. The predicted octanol–water partition coefficient (Wildman–Crippen LogP) is 1.56. The van der Waals surface area contributed by atoms with Crippen LogP contribution >= 0.6 is 0 Å². The van der Waals surface area contributed by atoms with Crippen LogP contribution in [0.25, 0.3) is 0 Å². The molecule has 1 aromatic carbocycles. The van der Waals surface area contributed by atoms with Crippen molar-refractivity contribution < 1.29 is 4.74 Å². The molecule has 2 N–H and O–H groups in total. The molecule has 0 fully saturated rings. The van der Waals surface area contributed by atoms with Gasteiger partial charge in [0.25, 0.3) is 0 Å². The van der Waals surface area contributed by atoms with Crippen molar-refractivity contribution in [2.45, 2.75) is 13.0 Å². The average Bonchev–Trinajstić information content (AvgIpc) is 2.40. The minimum absolute atomic E-state index is 0.342. The lowest BCUT2D eigenvalue weighted by Crippen LogP contribution is -2.08. The third-order valence-corrected chi connectivity index (χ3v) is 2.40. The molecule has 4 nitrogen and oxygen atoms in total. The van der Waals surface area contributed by atoms with Gasteiger partial charge in [-0.25, -0.2) is 4.98 Å². The van der Waals surface area contributed by atoms with Crippen molar-refractivity contribution in [3.05, 3.63) is 54.0 Å². The van der Waals surface area contributed by atoms with Gasteiger partial charge in [-0.1, -0.05) is 30.3 Å². The minimum atomic E-state index is 0.342. The number of aromatic nitrogens is 2. The standard InChI is InChI=1S/C13H15N3O/c14-10-12-13(16-8-7-15-12)17-9-6-11-4-2-1-3-5-11/h1-5,7-8H,6,9-10,14H2. The van der Waals surface area contributed by atoms with E-state index in [1.165, 1.54) is 5.56 Å². The summed E-state index contributed by atoms with van der Waals surface area (Å²) in [5.41, 5.74) is 7.49. The fourth-order valence-corrected chi connectivity index (χ4v) is 1.52. The zero-order valence-electron chi connectivity index (χ0n) is 9.54. The van der Waals surface area contributed by atoms with Crippen LogP contribution in [-0.4, -0.2) is 16.6 Å². The van der Waals surface area contributed by atoms with Gasteiger partial charge in [0, 0.05) is 25.4 Å². The summed E-state index contributed by atoms with van der Waals surface area (Å²) in [6.45, 7) is 0.921. The lowest BCUT2D eigenvalue weighted by atomic mass is 10.2. The Kier molecular flexibility index (Phi) is 4.05. The maximum atomic E-state index is 5.58. The van der Waals surface area contributed by atoms with Crippen molar-refractivity contribution >= 4 is 0 Å². The summed E-state index contributed by atoms with van der Waals surface area (Å²) < 4.78 is 5.58. The number of nitrogens with two attached hydrogens (primary N) is 1. The molecule has 1 aromatic heterocycles. The molecule has 0 bridgehead atoms. The molecule has 0 atom stereocenters. The number of hydrogen-bond acceptors (Lipinski definition) is 4. The van der Waals surface area contributed by atoms with Crippen molar-refractivity contribution in [2.75, 3.05) is 6.61 Å². The number of nitrogens with zero attached hydrogens (tertiary/aromatic N) is 2. The molecule has 0 unspecified atom stereocenters. The quantitative estimate of drug-likeness (QED) is 0.845. The van der Waals surface area contributed by atoms with E-state index in [1.54, 1.807) is 12.4 Å². The highest BCUT2D eigenvalue weighted by atomic mass is 16.5. The maximum absolute atomic E-state index is 5.58. The second kappa shape index (κ2) is 5.96. The van der Waals surface area contributed by atoms with Gasteiger partial charge in [0.15, 0.2) is 0 Å². The largest absolute Gasteiger partial charge is 0.476 e. The number of benzene rings is 1. The number of ether oxygens (including phenoxy) is 1. The zero-order valence-corrected chi connectivity index (χ0v) is 9.54. The molecule has 0 spiro atoms. The Morgan fingerprint density at radius 1 is 1.06 bits per heavy atom. The molecule has 0 radical (unpaired) electrons. The summed E-state index contributed by atoms with van der Waals surface area (Å²) in [5.74, 6) is 0.533. The van der Waals surface area contributed by atoms with E-state index < -0.39 is 0 Å². The highest BCUT2D eigenvalue weighted by molar-refractivity contribution is 5.18. The van der Waals surface area contributed by atoms with Crippen LogP contribution in [0.2, 0.25) is 0 Å². The molecular formula is C13H15N3O. The molecule has 88 valence electrons.